The first-order chi connectivity index (χ1) is 27.8. The van der Waals surface area contributed by atoms with E-state index >= 15 is 0 Å². The van der Waals surface area contributed by atoms with Crippen LogP contribution in [0.3, 0.4) is 0 Å². The average Bonchev–Trinajstić information content (AvgIpc) is 3.26. The largest absolute Gasteiger partial charge is 0.349 e. The van der Waals surface area contributed by atoms with Gasteiger partial charge in [0.15, 0.2) is 0 Å². The molecule has 2 aliphatic carbocycles. The fraction of sp³-hybridized carbons (Fsp3) is 0.360. The van der Waals surface area contributed by atoms with E-state index in [1.807, 2.05) is 91.9 Å². The van der Waals surface area contributed by atoms with Crippen LogP contribution in [-0.4, -0.2) is 33.9 Å². The standard InChI is InChI=1S/C25H27BrN2O.C25H28N2O/c1-17(18-10-4-2-5-11-18)27-25(29)23-20-14-8-9-15-22(20)28-24(21(23)16-26)19-12-6-3-7-13-19;1-17-23(25(28)26-18(2)19-11-5-3-6-12-19)21-15-9-10-16-22(21)27-24(17)20-13-7-4-8-14-20/h3,6-9,12-15,17-18H,2,4-5,10-11,16H2,1H3,(H,27,29);4,7-10,13-16,18-19H,3,5-6,11-12H2,1-2H3,(H,26,28)/t17-;18-/m00/s1. The van der Waals surface area contributed by atoms with E-state index in [2.05, 4.69) is 64.7 Å². The van der Waals surface area contributed by atoms with Crippen LogP contribution in [0.25, 0.3) is 44.3 Å². The number of carbonyl (C=O) groups excluding carboxylic acids is 2. The van der Waals surface area contributed by atoms with Gasteiger partial charge in [0.25, 0.3) is 11.8 Å². The van der Waals surface area contributed by atoms with Crippen LogP contribution in [0.2, 0.25) is 0 Å². The van der Waals surface area contributed by atoms with Gasteiger partial charge in [-0.2, -0.15) is 0 Å². The molecule has 6 nitrogen and oxygen atoms in total. The number of nitrogens with zero attached hydrogens (tertiary/aromatic N) is 2. The molecule has 57 heavy (non-hydrogen) atoms. The fourth-order valence-corrected chi connectivity index (χ4v) is 9.56. The molecule has 2 saturated carbocycles. The van der Waals surface area contributed by atoms with Crippen LogP contribution in [-0.2, 0) is 5.33 Å². The summed E-state index contributed by atoms with van der Waals surface area (Å²) >= 11 is 3.63. The maximum Gasteiger partial charge on any atom is 0.252 e. The number of pyridine rings is 2. The van der Waals surface area contributed by atoms with Crippen molar-refractivity contribution < 1.29 is 9.59 Å². The molecule has 2 fully saturated rings. The van der Waals surface area contributed by atoms with Crippen LogP contribution in [0.5, 0.6) is 0 Å². The van der Waals surface area contributed by atoms with Crippen LogP contribution in [0, 0.1) is 18.8 Å². The summed E-state index contributed by atoms with van der Waals surface area (Å²) in [4.78, 5) is 36.7. The Bertz CT molecular complexity index is 2300. The lowest BCUT2D eigenvalue weighted by molar-refractivity contribution is 0.0912. The third-order valence-electron chi connectivity index (χ3n) is 12.2. The number of rotatable bonds is 9. The zero-order chi connectivity index (χ0) is 39.7. The maximum atomic E-state index is 13.5. The number of hydrogen-bond acceptors (Lipinski definition) is 4. The highest BCUT2D eigenvalue weighted by molar-refractivity contribution is 9.08. The molecule has 2 aromatic heterocycles. The lowest BCUT2D eigenvalue weighted by atomic mass is 9.84. The van der Waals surface area contributed by atoms with E-state index in [-0.39, 0.29) is 23.9 Å². The van der Waals surface area contributed by atoms with Gasteiger partial charge in [-0.25, -0.2) is 9.97 Å². The van der Waals surface area contributed by atoms with Gasteiger partial charge in [0, 0.05) is 44.9 Å². The van der Waals surface area contributed by atoms with E-state index in [0.29, 0.717) is 17.2 Å². The normalized spacial score (nSPS) is 16.0. The van der Waals surface area contributed by atoms with Gasteiger partial charge in [-0.1, -0.05) is 152 Å². The second-order valence-electron chi connectivity index (χ2n) is 16.0. The highest BCUT2D eigenvalue weighted by Gasteiger charge is 2.27. The van der Waals surface area contributed by atoms with Crippen LogP contribution < -0.4 is 10.6 Å². The predicted molar refractivity (Wildman–Crippen MR) is 239 cm³/mol. The van der Waals surface area contributed by atoms with Gasteiger partial charge in [0.05, 0.1) is 33.5 Å². The number of aromatic nitrogens is 2. The van der Waals surface area contributed by atoms with E-state index in [4.69, 9.17) is 9.97 Å². The Labute approximate surface area is 346 Å². The number of carbonyl (C=O) groups is 2. The predicted octanol–water partition coefficient (Wildman–Crippen LogP) is 12.4. The summed E-state index contributed by atoms with van der Waals surface area (Å²) in [6.07, 6.45) is 12.6. The van der Waals surface area contributed by atoms with E-state index < -0.39 is 0 Å². The maximum absolute atomic E-state index is 13.5. The van der Waals surface area contributed by atoms with Crippen LogP contribution >= 0.6 is 15.9 Å². The molecule has 0 radical (unpaired) electrons. The van der Waals surface area contributed by atoms with E-state index in [1.165, 1.54) is 64.2 Å². The molecule has 7 heteroatoms. The van der Waals surface area contributed by atoms with Crippen molar-refractivity contribution in [2.24, 2.45) is 11.8 Å². The number of para-hydroxylation sites is 2. The minimum Gasteiger partial charge on any atom is -0.349 e. The van der Waals surface area contributed by atoms with Crippen molar-refractivity contribution in [1.82, 2.24) is 20.6 Å². The van der Waals surface area contributed by atoms with E-state index in [9.17, 15) is 9.59 Å². The summed E-state index contributed by atoms with van der Waals surface area (Å²) in [5.74, 6) is 1.18. The molecule has 2 amide bonds. The van der Waals surface area contributed by atoms with Gasteiger partial charge in [-0.05, 0) is 76.0 Å². The Morgan fingerprint density at radius 1 is 0.579 bits per heavy atom. The van der Waals surface area contributed by atoms with Crippen molar-refractivity contribution in [3.05, 3.63) is 131 Å². The van der Waals surface area contributed by atoms with Crippen molar-refractivity contribution in [3.8, 4) is 22.5 Å². The summed E-state index contributed by atoms with van der Waals surface area (Å²) in [7, 11) is 0. The lowest BCUT2D eigenvalue weighted by Crippen LogP contribution is -2.39. The summed E-state index contributed by atoms with van der Waals surface area (Å²) in [5, 5.41) is 9.05. The molecule has 4 aromatic carbocycles. The van der Waals surface area contributed by atoms with Gasteiger partial charge < -0.3 is 10.6 Å². The number of alkyl halides is 1. The number of fused-ring (bicyclic) bond motifs is 2. The summed E-state index contributed by atoms with van der Waals surface area (Å²) in [5.41, 5.74) is 8.94. The Morgan fingerprint density at radius 3 is 1.47 bits per heavy atom. The molecule has 2 N–H and O–H groups in total. The molecule has 0 spiro atoms. The summed E-state index contributed by atoms with van der Waals surface area (Å²) in [6.45, 7) is 6.33. The number of benzene rings is 4. The number of halogens is 1. The van der Waals surface area contributed by atoms with Gasteiger partial charge in [0.2, 0.25) is 0 Å². The molecule has 2 aliphatic rings. The lowest BCUT2D eigenvalue weighted by Gasteiger charge is -2.28. The molecule has 6 aromatic rings. The number of amides is 2. The van der Waals surface area contributed by atoms with Gasteiger partial charge in [0.1, 0.15) is 0 Å². The number of nitrogens with one attached hydrogen (secondary N) is 2. The minimum atomic E-state index is 0.00769. The second kappa shape index (κ2) is 19.0. The van der Waals surface area contributed by atoms with Crippen LogP contribution in [0.1, 0.15) is 110 Å². The average molecular weight is 824 g/mol. The quantitative estimate of drug-likeness (QED) is 0.142. The highest BCUT2D eigenvalue weighted by atomic mass is 79.9. The van der Waals surface area contributed by atoms with Gasteiger partial charge in [-0.15, -0.1) is 0 Å². The van der Waals surface area contributed by atoms with E-state index in [0.717, 1.165) is 66.6 Å². The number of hydrogen-bond donors (Lipinski definition) is 2. The van der Waals surface area contributed by atoms with E-state index in [1.54, 1.807) is 0 Å². The molecule has 8 rings (SSSR count). The third kappa shape index (κ3) is 9.31. The third-order valence-corrected chi connectivity index (χ3v) is 12.8. The zero-order valence-corrected chi connectivity index (χ0v) is 35.2. The molecular formula is C50H55BrN4O2. The molecule has 0 aliphatic heterocycles. The monoisotopic (exact) mass is 822 g/mol. The first-order valence-corrected chi connectivity index (χ1v) is 22.1. The van der Waals surface area contributed by atoms with Crippen LogP contribution in [0.15, 0.2) is 109 Å². The smallest absolute Gasteiger partial charge is 0.252 e. The molecule has 2 atom stereocenters. The first-order valence-electron chi connectivity index (χ1n) is 20.9. The SMILES string of the molecule is C[C@H](NC(=O)c1c(CBr)c(-c2ccccc2)nc2ccccc12)C1CCCCC1.Cc1c(-c2ccccc2)nc2ccccc2c1C(=O)N[C@@H](C)C1CCCCC1. The Balaban J connectivity index is 0.000000174. The van der Waals surface area contributed by atoms with Crippen molar-refractivity contribution in [3.63, 3.8) is 0 Å². The zero-order valence-electron chi connectivity index (χ0n) is 33.6. The topological polar surface area (TPSA) is 84.0 Å². The molecule has 2 heterocycles. The van der Waals surface area contributed by atoms with Gasteiger partial charge >= 0.3 is 0 Å². The van der Waals surface area contributed by atoms with Gasteiger partial charge in [-0.3, -0.25) is 9.59 Å². The molecular weight excluding hydrogens is 768 g/mol. The molecule has 0 saturated heterocycles. The Kier molecular flexibility index (Phi) is 13.5. The first kappa shape index (κ1) is 40.3. The Hall–Kier alpha value is -4.88. The van der Waals surface area contributed by atoms with Crippen molar-refractivity contribution in [2.75, 3.05) is 0 Å². The highest BCUT2D eigenvalue weighted by Crippen LogP contribution is 2.34. The molecule has 0 unspecified atom stereocenters. The second-order valence-corrected chi connectivity index (χ2v) is 16.6. The fourth-order valence-electron chi connectivity index (χ4n) is 9.01. The van der Waals surface area contributed by atoms with Crippen molar-refractivity contribution in [1.29, 1.82) is 0 Å². The van der Waals surface area contributed by atoms with Crippen molar-refractivity contribution in [2.45, 2.75) is 102 Å². The summed E-state index contributed by atoms with van der Waals surface area (Å²) < 4.78 is 0. The minimum absolute atomic E-state index is 0.00769. The van der Waals surface area contributed by atoms with Crippen LogP contribution in [0.4, 0.5) is 0 Å². The molecule has 294 valence electrons. The Morgan fingerprint density at radius 2 is 0.982 bits per heavy atom. The van der Waals surface area contributed by atoms with Crippen molar-refractivity contribution >= 4 is 49.6 Å². The summed E-state index contributed by atoms with van der Waals surface area (Å²) in [6, 6.07) is 36.5. The molecule has 0 bridgehead atoms.